The van der Waals surface area contributed by atoms with Crippen molar-refractivity contribution in [3.8, 4) is 0 Å². The van der Waals surface area contributed by atoms with Crippen molar-refractivity contribution in [1.29, 1.82) is 0 Å². The highest BCUT2D eigenvalue weighted by atomic mass is 15.2. The van der Waals surface area contributed by atoms with Gasteiger partial charge in [0.05, 0.1) is 11.7 Å². The predicted octanol–water partition coefficient (Wildman–Crippen LogP) is 3.01. The molecule has 4 heteroatoms. The fourth-order valence-electron chi connectivity index (χ4n) is 2.59. The van der Waals surface area contributed by atoms with Crippen molar-refractivity contribution < 1.29 is 0 Å². The van der Waals surface area contributed by atoms with Crippen molar-refractivity contribution in [2.75, 3.05) is 6.54 Å². The average molecular weight is 280 g/mol. The lowest BCUT2D eigenvalue weighted by atomic mass is 10.0. The smallest absolute Gasteiger partial charge is 0.0709 e. The summed E-state index contributed by atoms with van der Waals surface area (Å²) in [4.78, 5) is 4.09. The topological polar surface area (TPSA) is 42.2 Å². The highest BCUT2D eigenvalue weighted by Gasteiger charge is 2.16. The monoisotopic (exact) mass is 280 g/mol. The molecule has 0 bridgehead atoms. The molecule has 0 saturated heterocycles. The number of pyridine rings is 2. The summed E-state index contributed by atoms with van der Waals surface area (Å²) in [5, 5.41) is 8.09. The Hall–Kier alpha value is -2.20. The maximum absolute atomic E-state index is 4.45. The van der Waals surface area contributed by atoms with E-state index >= 15 is 0 Å². The van der Waals surface area contributed by atoms with E-state index in [1.54, 1.807) is 0 Å². The number of nitrogens with one attached hydrogen (secondary N) is 1. The third-order valence-electron chi connectivity index (χ3n) is 3.66. The van der Waals surface area contributed by atoms with Gasteiger partial charge in [-0.15, -0.1) is 0 Å². The summed E-state index contributed by atoms with van der Waals surface area (Å²) in [6.45, 7) is 3.19. The van der Waals surface area contributed by atoms with Gasteiger partial charge in [0.2, 0.25) is 0 Å². The fraction of sp³-hybridized carbons (Fsp3) is 0.294. The molecule has 1 N–H and O–H groups in total. The van der Waals surface area contributed by atoms with Gasteiger partial charge in [-0.3, -0.25) is 4.98 Å². The molecular formula is C17H20N4. The van der Waals surface area contributed by atoms with Crippen molar-refractivity contribution in [3.63, 3.8) is 0 Å². The van der Waals surface area contributed by atoms with E-state index in [2.05, 4.69) is 46.6 Å². The summed E-state index contributed by atoms with van der Waals surface area (Å²) < 4.78 is 1.93. The first-order valence-electron chi connectivity index (χ1n) is 7.43. The second-order valence-corrected chi connectivity index (χ2v) is 5.20. The molecule has 1 atom stereocenters. The van der Waals surface area contributed by atoms with E-state index < -0.39 is 0 Å². The van der Waals surface area contributed by atoms with Crippen LogP contribution in [-0.4, -0.2) is 21.1 Å². The van der Waals surface area contributed by atoms with Crippen LogP contribution in [0.15, 0.2) is 55.1 Å². The second-order valence-electron chi connectivity index (χ2n) is 5.20. The van der Waals surface area contributed by atoms with Crippen molar-refractivity contribution in [2.24, 2.45) is 0 Å². The molecule has 0 fully saturated rings. The minimum absolute atomic E-state index is 0.271. The van der Waals surface area contributed by atoms with Gasteiger partial charge in [-0.05, 0) is 49.2 Å². The first-order chi connectivity index (χ1) is 10.4. The zero-order chi connectivity index (χ0) is 14.5. The van der Waals surface area contributed by atoms with Gasteiger partial charge in [0.1, 0.15) is 0 Å². The number of rotatable bonds is 6. The fourth-order valence-corrected chi connectivity index (χ4v) is 2.59. The minimum Gasteiger partial charge on any atom is -0.310 e. The maximum atomic E-state index is 4.45. The van der Waals surface area contributed by atoms with E-state index in [-0.39, 0.29) is 6.04 Å². The molecule has 3 aromatic heterocycles. The van der Waals surface area contributed by atoms with E-state index in [1.165, 1.54) is 16.6 Å². The predicted molar refractivity (Wildman–Crippen MR) is 84.2 cm³/mol. The van der Waals surface area contributed by atoms with Crippen molar-refractivity contribution in [1.82, 2.24) is 19.9 Å². The van der Waals surface area contributed by atoms with Crippen molar-refractivity contribution in [3.05, 3.63) is 66.2 Å². The standard InChI is InChI=1S/C17H20N4/c1-2-8-19-16(12-14-6-9-18-10-7-14)15-13-20-21-11-4-3-5-17(15)21/h3-7,9-11,13,16,19H,2,8,12H2,1H3. The molecule has 0 aliphatic heterocycles. The zero-order valence-corrected chi connectivity index (χ0v) is 12.2. The summed E-state index contributed by atoms with van der Waals surface area (Å²) in [6.07, 6.45) is 9.72. The summed E-state index contributed by atoms with van der Waals surface area (Å²) in [5.74, 6) is 0. The minimum atomic E-state index is 0.271. The summed E-state index contributed by atoms with van der Waals surface area (Å²) in [6, 6.07) is 10.6. The van der Waals surface area contributed by atoms with Gasteiger partial charge in [-0.1, -0.05) is 13.0 Å². The van der Waals surface area contributed by atoms with E-state index in [4.69, 9.17) is 0 Å². The Balaban J connectivity index is 1.91. The number of fused-ring (bicyclic) bond motifs is 1. The van der Waals surface area contributed by atoms with Gasteiger partial charge in [-0.2, -0.15) is 5.10 Å². The second kappa shape index (κ2) is 6.50. The largest absolute Gasteiger partial charge is 0.310 e. The lowest BCUT2D eigenvalue weighted by molar-refractivity contribution is 0.532. The molecule has 3 heterocycles. The van der Waals surface area contributed by atoms with E-state index in [0.717, 1.165) is 19.4 Å². The van der Waals surface area contributed by atoms with Gasteiger partial charge >= 0.3 is 0 Å². The van der Waals surface area contributed by atoms with Crippen LogP contribution < -0.4 is 5.32 Å². The Morgan fingerprint density at radius 2 is 2.05 bits per heavy atom. The first-order valence-corrected chi connectivity index (χ1v) is 7.43. The van der Waals surface area contributed by atoms with Gasteiger partial charge in [0.25, 0.3) is 0 Å². The Morgan fingerprint density at radius 3 is 2.86 bits per heavy atom. The van der Waals surface area contributed by atoms with Crippen LogP contribution in [0.2, 0.25) is 0 Å². The molecular weight excluding hydrogens is 260 g/mol. The quantitative estimate of drug-likeness (QED) is 0.754. The number of aromatic nitrogens is 3. The highest BCUT2D eigenvalue weighted by Crippen LogP contribution is 2.22. The van der Waals surface area contributed by atoms with Crippen LogP contribution in [0, 0.1) is 0 Å². The molecule has 0 radical (unpaired) electrons. The molecule has 3 rings (SSSR count). The Labute approximate surface area is 124 Å². The molecule has 3 aromatic rings. The molecule has 0 spiro atoms. The molecule has 1 unspecified atom stereocenters. The third kappa shape index (κ3) is 3.11. The molecule has 0 amide bonds. The molecule has 0 saturated carbocycles. The average Bonchev–Trinajstić information content (AvgIpc) is 2.96. The Bertz CT molecular complexity index is 690. The zero-order valence-electron chi connectivity index (χ0n) is 12.2. The van der Waals surface area contributed by atoms with Crippen LogP contribution in [0.3, 0.4) is 0 Å². The molecule has 0 aliphatic carbocycles. The highest BCUT2D eigenvalue weighted by molar-refractivity contribution is 5.55. The lowest BCUT2D eigenvalue weighted by Crippen LogP contribution is -2.24. The van der Waals surface area contributed by atoms with Gasteiger partial charge in [0.15, 0.2) is 0 Å². The van der Waals surface area contributed by atoms with Gasteiger partial charge in [-0.25, -0.2) is 4.52 Å². The van der Waals surface area contributed by atoms with Crippen molar-refractivity contribution in [2.45, 2.75) is 25.8 Å². The van der Waals surface area contributed by atoms with E-state index in [0.29, 0.717) is 0 Å². The maximum Gasteiger partial charge on any atom is 0.0709 e. The lowest BCUT2D eigenvalue weighted by Gasteiger charge is -2.18. The SMILES string of the molecule is CCCNC(Cc1ccncc1)c1cnn2ccccc12. The summed E-state index contributed by atoms with van der Waals surface area (Å²) >= 11 is 0. The number of hydrogen-bond donors (Lipinski definition) is 1. The van der Waals surface area contributed by atoms with Crippen LogP contribution in [0.4, 0.5) is 0 Å². The number of hydrogen-bond acceptors (Lipinski definition) is 3. The van der Waals surface area contributed by atoms with Crippen molar-refractivity contribution >= 4 is 5.52 Å². The van der Waals surface area contributed by atoms with Gasteiger partial charge < -0.3 is 5.32 Å². The van der Waals surface area contributed by atoms with Crippen LogP contribution in [0.5, 0.6) is 0 Å². The first kappa shape index (κ1) is 13.8. The third-order valence-corrected chi connectivity index (χ3v) is 3.66. The molecule has 0 aromatic carbocycles. The summed E-state index contributed by atoms with van der Waals surface area (Å²) in [5.41, 5.74) is 3.70. The normalized spacial score (nSPS) is 12.6. The van der Waals surface area contributed by atoms with Crippen LogP contribution >= 0.6 is 0 Å². The van der Waals surface area contributed by atoms with Crippen LogP contribution in [0.25, 0.3) is 5.52 Å². The Morgan fingerprint density at radius 1 is 1.19 bits per heavy atom. The Kier molecular flexibility index (Phi) is 4.26. The summed E-state index contributed by atoms with van der Waals surface area (Å²) in [7, 11) is 0. The number of nitrogens with zero attached hydrogens (tertiary/aromatic N) is 3. The van der Waals surface area contributed by atoms with E-state index in [1.807, 2.05) is 35.4 Å². The molecule has 0 aliphatic rings. The molecule has 108 valence electrons. The molecule has 21 heavy (non-hydrogen) atoms. The van der Waals surface area contributed by atoms with Gasteiger partial charge in [0, 0.05) is 30.2 Å². The molecule has 4 nitrogen and oxygen atoms in total. The van der Waals surface area contributed by atoms with Crippen LogP contribution in [-0.2, 0) is 6.42 Å². The van der Waals surface area contributed by atoms with Crippen LogP contribution in [0.1, 0.15) is 30.5 Å². The van der Waals surface area contributed by atoms with E-state index in [9.17, 15) is 0 Å².